The van der Waals surface area contributed by atoms with E-state index in [4.69, 9.17) is 10.5 Å². The molecule has 0 aromatic heterocycles. The predicted molar refractivity (Wildman–Crippen MR) is 80.9 cm³/mol. The molecule has 0 saturated heterocycles. The molecule has 110 valence electrons. The summed E-state index contributed by atoms with van der Waals surface area (Å²) in [5.74, 6) is 1.24. The van der Waals surface area contributed by atoms with Gasteiger partial charge in [0.05, 0.1) is 17.9 Å². The van der Waals surface area contributed by atoms with Crippen LogP contribution < -0.4 is 10.5 Å². The first kappa shape index (κ1) is 14.7. The zero-order chi connectivity index (χ0) is 14.5. The van der Waals surface area contributed by atoms with Gasteiger partial charge >= 0.3 is 0 Å². The highest BCUT2D eigenvalue weighted by molar-refractivity contribution is 5.98. The summed E-state index contributed by atoms with van der Waals surface area (Å²) in [7, 11) is 0. The number of benzene rings is 1. The molecule has 0 bridgehead atoms. The molecule has 1 aromatic carbocycles. The van der Waals surface area contributed by atoms with Crippen molar-refractivity contribution in [1.82, 2.24) is 4.90 Å². The van der Waals surface area contributed by atoms with E-state index in [9.17, 15) is 4.79 Å². The molecule has 0 radical (unpaired) electrons. The molecule has 1 aliphatic carbocycles. The monoisotopic (exact) mass is 276 g/mol. The van der Waals surface area contributed by atoms with Crippen molar-refractivity contribution in [3.8, 4) is 5.75 Å². The lowest BCUT2D eigenvalue weighted by Crippen LogP contribution is -2.34. The van der Waals surface area contributed by atoms with Crippen LogP contribution in [0.3, 0.4) is 0 Å². The van der Waals surface area contributed by atoms with Gasteiger partial charge < -0.3 is 15.4 Å². The Morgan fingerprint density at radius 2 is 2.15 bits per heavy atom. The van der Waals surface area contributed by atoms with Crippen molar-refractivity contribution >= 4 is 11.6 Å². The van der Waals surface area contributed by atoms with Gasteiger partial charge in [-0.05, 0) is 44.2 Å². The van der Waals surface area contributed by atoms with Crippen LogP contribution in [0.4, 0.5) is 5.69 Å². The lowest BCUT2D eigenvalue weighted by molar-refractivity contribution is 0.0743. The Kier molecular flexibility index (Phi) is 4.88. The topological polar surface area (TPSA) is 55.6 Å². The standard InChI is InChI=1S/C16H24N2O2/c1-3-10-18(11-12-8-9-12)16(19)13-6-5-7-14(17)15(13)20-4-2/h5-7,12H,3-4,8-11,17H2,1-2H3. The minimum absolute atomic E-state index is 0.0366. The molecule has 0 atom stereocenters. The van der Waals surface area contributed by atoms with Gasteiger partial charge in [-0.3, -0.25) is 4.79 Å². The van der Waals surface area contributed by atoms with Crippen molar-refractivity contribution in [1.29, 1.82) is 0 Å². The van der Waals surface area contributed by atoms with E-state index in [-0.39, 0.29) is 5.91 Å². The van der Waals surface area contributed by atoms with E-state index in [2.05, 4.69) is 6.92 Å². The number of carbonyl (C=O) groups is 1. The number of nitrogens with zero attached hydrogens (tertiary/aromatic N) is 1. The third kappa shape index (κ3) is 3.44. The largest absolute Gasteiger partial charge is 0.491 e. The number of para-hydroxylation sites is 1. The van der Waals surface area contributed by atoms with Crippen LogP contribution in [0.2, 0.25) is 0 Å². The fraction of sp³-hybridized carbons (Fsp3) is 0.562. The molecule has 4 nitrogen and oxygen atoms in total. The molecule has 0 heterocycles. The van der Waals surface area contributed by atoms with Crippen molar-refractivity contribution < 1.29 is 9.53 Å². The van der Waals surface area contributed by atoms with Crippen LogP contribution >= 0.6 is 0 Å². The molecular formula is C16H24N2O2. The molecule has 2 N–H and O–H groups in total. The second kappa shape index (κ2) is 6.64. The van der Waals surface area contributed by atoms with E-state index in [1.165, 1.54) is 12.8 Å². The summed E-state index contributed by atoms with van der Waals surface area (Å²) < 4.78 is 5.57. The Morgan fingerprint density at radius 1 is 1.40 bits per heavy atom. The number of amides is 1. The molecule has 1 aromatic rings. The second-order valence-corrected chi connectivity index (χ2v) is 5.35. The van der Waals surface area contributed by atoms with Gasteiger partial charge in [-0.1, -0.05) is 13.0 Å². The van der Waals surface area contributed by atoms with Gasteiger partial charge in [-0.25, -0.2) is 0 Å². The molecule has 1 fully saturated rings. The highest BCUT2D eigenvalue weighted by Crippen LogP contribution is 2.32. The number of hydrogen-bond acceptors (Lipinski definition) is 3. The van der Waals surface area contributed by atoms with E-state index in [0.29, 0.717) is 29.5 Å². The smallest absolute Gasteiger partial charge is 0.257 e. The van der Waals surface area contributed by atoms with Crippen molar-refractivity contribution in [2.45, 2.75) is 33.1 Å². The van der Waals surface area contributed by atoms with Gasteiger partial charge in [0.1, 0.15) is 0 Å². The van der Waals surface area contributed by atoms with Crippen LogP contribution in [0, 0.1) is 5.92 Å². The third-order valence-electron chi connectivity index (χ3n) is 3.52. The Bertz CT molecular complexity index is 470. The van der Waals surface area contributed by atoms with Crippen molar-refractivity contribution in [2.24, 2.45) is 5.92 Å². The van der Waals surface area contributed by atoms with Crippen molar-refractivity contribution in [2.75, 3.05) is 25.4 Å². The summed E-state index contributed by atoms with van der Waals surface area (Å²) in [5, 5.41) is 0. The quantitative estimate of drug-likeness (QED) is 0.779. The lowest BCUT2D eigenvalue weighted by Gasteiger charge is -2.23. The molecule has 20 heavy (non-hydrogen) atoms. The van der Waals surface area contributed by atoms with E-state index in [1.807, 2.05) is 17.9 Å². The van der Waals surface area contributed by atoms with E-state index >= 15 is 0 Å². The first-order chi connectivity index (χ1) is 9.67. The Balaban J connectivity index is 2.22. The van der Waals surface area contributed by atoms with Crippen molar-refractivity contribution in [3.63, 3.8) is 0 Å². The normalized spacial score (nSPS) is 14.1. The van der Waals surface area contributed by atoms with Gasteiger partial charge in [0.2, 0.25) is 0 Å². The minimum atomic E-state index is 0.0366. The number of nitrogens with two attached hydrogens (primary N) is 1. The zero-order valence-electron chi connectivity index (χ0n) is 12.4. The van der Waals surface area contributed by atoms with Gasteiger partial charge in [0.25, 0.3) is 5.91 Å². The number of anilines is 1. The summed E-state index contributed by atoms with van der Waals surface area (Å²) in [6.45, 7) is 6.14. The van der Waals surface area contributed by atoms with E-state index in [0.717, 1.165) is 19.5 Å². The first-order valence-corrected chi connectivity index (χ1v) is 7.47. The molecule has 1 amide bonds. The summed E-state index contributed by atoms with van der Waals surface area (Å²) in [4.78, 5) is 14.7. The van der Waals surface area contributed by atoms with Crippen LogP contribution in [0.1, 0.15) is 43.5 Å². The fourth-order valence-electron chi connectivity index (χ4n) is 2.36. The molecule has 4 heteroatoms. The second-order valence-electron chi connectivity index (χ2n) is 5.35. The van der Waals surface area contributed by atoms with Crippen LogP contribution in [0.25, 0.3) is 0 Å². The number of ether oxygens (including phenoxy) is 1. The molecule has 0 spiro atoms. The molecule has 0 aliphatic heterocycles. The number of carbonyl (C=O) groups excluding carboxylic acids is 1. The van der Waals surface area contributed by atoms with Crippen LogP contribution in [0.15, 0.2) is 18.2 Å². The highest BCUT2D eigenvalue weighted by Gasteiger charge is 2.28. The molecular weight excluding hydrogens is 252 g/mol. The summed E-state index contributed by atoms with van der Waals surface area (Å²) in [6.07, 6.45) is 3.44. The summed E-state index contributed by atoms with van der Waals surface area (Å²) in [6, 6.07) is 5.39. The summed E-state index contributed by atoms with van der Waals surface area (Å²) in [5.41, 5.74) is 7.05. The molecule has 1 aliphatic rings. The summed E-state index contributed by atoms with van der Waals surface area (Å²) >= 11 is 0. The maximum atomic E-state index is 12.7. The lowest BCUT2D eigenvalue weighted by atomic mass is 10.1. The van der Waals surface area contributed by atoms with Crippen LogP contribution in [-0.2, 0) is 0 Å². The minimum Gasteiger partial charge on any atom is -0.491 e. The average molecular weight is 276 g/mol. The van der Waals surface area contributed by atoms with Crippen LogP contribution in [0.5, 0.6) is 5.75 Å². The SMILES string of the molecule is CCCN(CC1CC1)C(=O)c1cccc(N)c1OCC. The molecule has 0 unspecified atom stereocenters. The Morgan fingerprint density at radius 3 is 2.75 bits per heavy atom. The predicted octanol–water partition coefficient (Wildman–Crippen LogP) is 2.93. The van der Waals surface area contributed by atoms with Gasteiger partial charge in [-0.2, -0.15) is 0 Å². The number of rotatable bonds is 7. The van der Waals surface area contributed by atoms with Crippen molar-refractivity contribution in [3.05, 3.63) is 23.8 Å². The van der Waals surface area contributed by atoms with Gasteiger partial charge in [0.15, 0.2) is 5.75 Å². The Hall–Kier alpha value is -1.71. The van der Waals surface area contributed by atoms with Gasteiger partial charge in [-0.15, -0.1) is 0 Å². The highest BCUT2D eigenvalue weighted by atomic mass is 16.5. The average Bonchev–Trinajstić information content (AvgIpc) is 3.24. The zero-order valence-corrected chi connectivity index (χ0v) is 12.4. The number of nitrogen functional groups attached to an aromatic ring is 1. The molecule has 1 saturated carbocycles. The van der Waals surface area contributed by atoms with Crippen LogP contribution in [-0.4, -0.2) is 30.5 Å². The van der Waals surface area contributed by atoms with E-state index < -0.39 is 0 Å². The maximum absolute atomic E-state index is 12.7. The Labute approximate surface area is 120 Å². The third-order valence-corrected chi connectivity index (χ3v) is 3.52. The maximum Gasteiger partial charge on any atom is 0.257 e. The van der Waals surface area contributed by atoms with E-state index in [1.54, 1.807) is 12.1 Å². The molecule has 2 rings (SSSR count). The van der Waals surface area contributed by atoms with Gasteiger partial charge in [0, 0.05) is 13.1 Å². The number of hydrogen-bond donors (Lipinski definition) is 1. The first-order valence-electron chi connectivity index (χ1n) is 7.47. The fourth-order valence-corrected chi connectivity index (χ4v) is 2.36.